The van der Waals surface area contributed by atoms with Crippen molar-refractivity contribution in [3.05, 3.63) is 59.6 Å². The van der Waals surface area contributed by atoms with E-state index in [9.17, 15) is 13.2 Å². The number of nitrogens with one attached hydrogen (secondary N) is 3. The second-order valence-corrected chi connectivity index (χ2v) is 7.00. The quantitative estimate of drug-likeness (QED) is 0.603. The van der Waals surface area contributed by atoms with E-state index in [0.717, 1.165) is 38.1 Å². The molecule has 1 atom stereocenters. The predicted molar refractivity (Wildman–Crippen MR) is 108 cm³/mol. The van der Waals surface area contributed by atoms with Gasteiger partial charge >= 0.3 is 6.18 Å². The van der Waals surface area contributed by atoms with Crippen molar-refractivity contribution in [1.29, 1.82) is 5.41 Å². The third-order valence-corrected chi connectivity index (χ3v) is 4.94. The second-order valence-electron chi connectivity index (χ2n) is 7.00. The molecule has 1 aliphatic rings. The minimum Gasteiger partial charge on any atom is -0.368 e. The van der Waals surface area contributed by atoms with E-state index >= 15 is 0 Å². The molecule has 29 heavy (non-hydrogen) atoms. The van der Waals surface area contributed by atoms with Crippen LogP contribution in [0.25, 0.3) is 5.57 Å². The molecule has 3 N–H and O–H groups in total. The summed E-state index contributed by atoms with van der Waals surface area (Å²) >= 11 is 0. The molecule has 1 aliphatic heterocycles. The highest BCUT2D eigenvalue weighted by molar-refractivity contribution is 5.81. The number of nitrogens with zero attached hydrogens (tertiary/aromatic N) is 2. The van der Waals surface area contributed by atoms with Gasteiger partial charge in [0.05, 0.1) is 17.0 Å². The summed E-state index contributed by atoms with van der Waals surface area (Å²) in [5.41, 5.74) is 0.0286. The molecule has 3 rings (SSSR count). The summed E-state index contributed by atoms with van der Waals surface area (Å²) in [5, 5.41) is 13.8. The van der Waals surface area contributed by atoms with Crippen molar-refractivity contribution < 1.29 is 13.2 Å². The van der Waals surface area contributed by atoms with Crippen LogP contribution in [0.15, 0.2) is 37.0 Å². The normalized spacial score (nSPS) is 17.0. The zero-order valence-corrected chi connectivity index (χ0v) is 16.0. The van der Waals surface area contributed by atoms with Gasteiger partial charge in [0.25, 0.3) is 0 Å². The van der Waals surface area contributed by atoms with E-state index in [4.69, 9.17) is 5.41 Å². The summed E-state index contributed by atoms with van der Waals surface area (Å²) in [5.74, 6) is 0.374. The Balaban J connectivity index is 1.92. The maximum Gasteiger partial charge on any atom is 0.418 e. The lowest BCUT2D eigenvalue weighted by atomic mass is 9.97. The third-order valence-electron chi connectivity index (χ3n) is 4.94. The predicted octanol–water partition coefficient (Wildman–Crippen LogP) is 4.30. The summed E-state index contributed by atoms with van der Waals surface area (Å²) in [7, 11) is 0. The van der Waals surface area contributed by atoms with Gasteiger partial charge in [-0.2, -0.15) is 13.2 Å². The van der Waals surface area contributed by atoms with Gasteiger partial charge in [-0.25, -0.2) is 4.98 Å². The molecule has 0 aliphatic carbocycles. The number of alkyl halides is 3. The van der Waals surface area contributed by atoms with Crippen LogP contribution in [0.1, 0.15) is 41.8 Å². The Morgan fingerprint density at radius 1 is 1.31 bits per heavy atom. The van der Waals surface area contributed by atoms with Gasteiger partial charge in [0.15, 0.2) is 0 Å². The standard InChI is InChI=1S/C21H24F3N5/c1-14(16-6-4-12-27-18(16)9-10-25)20-17(21(22,23)24)7-8-19(29-20)28-13-15-5-2-3-11-26-15/h4,6-8,10,12,15,25-26H,1-3,5,9,11,13H2,(H,28,29). The molecule has 1 fully saturated rings. The number of hydrogen-bond acceptors (Lipinski definition) is 5. The number of aromatic nitrogens is 2. The van der Waals surface area contributed by atoms with Gasteiger partial charge < -0.3 is 16.0 Å². The van der Waals surface area contributed by atoms with Crippen molar-refractivity contribution in [1.82, 2.24) is 15.3 Å². The molecule has 8 heteroatoms. The van der Waals surface area contributed by atoms with Crippen molar-refractivity contribution in [2.24, 2.45) is 0 Å². The van der Waals surface area contributed by atoms with Crippen molar-refractivity contribution in [3.63, 3.8) is 0 Å². The minimum atomic E-state index is -4.56. The van der Waals surface area contributed by atoms with Gasteiger partial charge in [-0.05, 0) is 37.6 Å². The Hall–Kier alpha value is -2.74. The van der Waals surface area contributed by atoms with Crippen molar-refractivity contribution >= 4 is 17.6 Å². The van der Waals surface area contributed by atoms with Crippen LogP contribution >= 0.6 is 0 Å². The Kier molecular flexibility index (Phi) is 6.64. The molecule has 0 bridgehead atoms. The maximum atomic E-state index is 13.6. The van der Waals surface area contributed by atoms with Gasteiger partial charge in [0.2, 0.25) is 0 Å². The summed E-state index contributed by atoms with van der Waals surface area (Å²) in [4.78, 5) is 8.44. The fourth-order valence-corrected chi connectivity index (χ4v) is 3.44. The highest BCUT2D eigenvalue weighted by atomic mass is 19.4. The Morgan fingerprint density at radius 2 is 2.14 bits per heavy atom. The largest absolute Gasteiger partial charge is 0.418 e. The van der Waals surface area contributed by atoms with Gasteiger partial charge in [-0.3, -0.25) is 4.98 Å². The fourth-order valence-electron chi connectivity index (χ4n) is 3.44. The molecule has 0 spiro atoms. The fraction of sp³-hybridized carbons (Fsp3) is 0.381. The topological polar surface area (TPSA) is 73.7 Å². The number of pyridine rings is 2. The van der Waals surface area contributed by atoms with E-state index in [1.807, 2.05) is 0 Å². The van der Waals surface area contributed by atoms with Gasteiger partial charge in [0, 0.05) is 42.6 Å². The Labute approximate surface area is 168 Å². The molecule has 0 radical (unpaired) electrons. The Bertz CT molecular complexity index is 873. The number of halogens is 3. The van der Waals surface area contributed by atoms with Crippen LogP contribution in [0.5, 0.6) is 0 Å². The Morgan fingerprint density at radius 3 is 2.83 bits per heavy atom. The molecule has 0 amide bonds. The van der Waals surface area contributed by atoms with Crippen LogP contribution in [0.3, 0.4) is 0 Å². The van der Waals surface area contributed by atoms with Crippen LogP contribution in [0, 0.1) is 5.41 Å². The average molecular weight is 403 g/mol. The lowest BCUT2D eigenvalue weighted by molar-refractivity contribution is -0.138. The summed E-state index contributed by atoms with van der Waals surface area (Å²) < 4.78 is 40.9. The SMILES string of the molecule is C=C(c1cccnc1CC=N)c1nc(NCC2CCCCN2)ccc1C(F)(F)F. The molecule has 2 aromatic heterocycles. The van der Waals surface area contributed by atoms with E-state index in [0.29, 0.717) is 23.6 Å². The van der Waals surface area contributed by atoms with Crippen LogP contribution in [0.2, 0.25) is 0 Å². The molecule has 0 saturated carbocycles. The van der Waals surface area contributed by atoms with E-state index in [1.165, 1.54) is 6.07 Å². The third kappa shape index (κ3) is 5.20. The number of rotatable bonds is 7. The first-order valence-corrected chi connectivity index (χ1v) is 9.58. The molecule has 5 nitrogen and oxygen atoms in total. The monoisotopic (exact) mass is 403 g/mol. The minimum absolute atomic E-state index is 0.140. The maximum absolute atomic E-state index is 13.6. The second kappa shape index (κ2) is 9.17. The molecule has 154 valence electrons. The summed E-state index contributed by atoms with van der Waals surface area (Å²) in [6.45, 7) is 5.43. The highest BCUT2D eigenvalue weighted by Crippen LogP contribution is 2.36. The van der Waals surface area contributed by atoms with Crippen molar-refractivity contribution in [2.75, 3.05) is 18.4 Å². The van der Waals surface area contributed by atoms with Crippen molar-refractivity contribution in [2.45, 2.75) is 37.9 Å². The first kappa shape index (κ1) is 21.0. The van der Waals surface area contributed by atoms with E-state index in [2.05, 4.69) is 27.2 Å². The first-order chi connectivity index (χ1) is 13.9. The van der Waals surface area contributed by atoms with Crippen LogP contribution in [0.4, 0.5) is 19.0 Å². The number of anilines is 1. The lowest BCUT2D eigenvalue weighted by Crippen LogP contribution is -2.39. The van der Waals surface area contributed by atoms with E-state index in [1.54, 1.807) is 18.3 Å². The smallest absolute Gasteiger partial charge is 0.368 e. The van der Waals surface area contributed by atoms with Crippen LogP contribution in [-0.2, 0) is 12.6 Å². The van der Waals surface area contributed by atoms with E-state index in [-0.39, 0.29) is 23.7 Å². The molecule has 1 saturated heterocycles. The highest BCUT2D eigenvalue weighted by Gasteiger charge is 2.35. The van der Waals surface area contributed by atoms with Gasteiger partial charge in [0.1, 0.15) is 5.82 Å². The molecule has 2 aromatic rings. The molecule has 3 heterocycles. The van der Waals surface area contributed by atoms with Gasteiger partial charge in [-0.1, -0.05) is 19.1 Å². The van der Waals surface area contributed by atoms with Crippen LogP contribution < -0.4 is 10.6 Å². The number of hydrogen-bond donors (Lipinski definition) is 3. The summed E-state index contributed by atoms with van der Waals surface area (Å²) in [6, 6.07) is 5.96. The zero-order chi connectivity index (χ0) is 20.9. The first-order valence-electron chi connectivity index (χ1n) is 9.58. The average Bonchev–Trinajstić information content (AvgIpc) is 2.72. The van der Waals surface area contributed by atoms with Crippen molar-refractivity contribution in [3.8, 4) is 0 Å². The van der Waals surface area contributed by atoms with Crippen LogP contribution in [-0.4, -0.2) is 35.3 Å². The van der Waals surface area contributed by atoms with E-state index < -0.39 is 11.7 Å². The molecular weight excluding hydrogens is 379 g/mol. The lowest BCUT2D eigenvalue weighted by Gasteiger charge is -2.24. The summed E-state index contributed by atoms with van der Waals surface area (Å²) in [6.07, 6.45) is 1.66. The number of piperidine rings is 1. The van der Waals surface area contributed by atoms with Gasteiger partial charge in [-0.15, -0.1) is 0 Å². The molecular formula is C21H24F3N5. The molecule has 0 aromatic carbocycles. The zero-order valence-electron chi connectivity index (χ0n) is 16.0. The molecule has 1 unspecified atom stereocenters.